The number of hydrogen-bond acceptors (Lipinski definition) is 4. The lowest BCUT2D eigenvalue weighted by Crippen LogP contribution is -2.48. The first-order valence-electron chi connectivity index (χ1n) is 9.50. The molecule has 0 unspecified atom stereocenters. The first-order chi connectivity index (χ1) is 13.2. The lowest BCUT2D eigenvalue weighted by Gasteiger charge is -2.32. The highest BCUT2D eigenvalue weighted by Gasteiger charge is 2.26. The highest BCUT2D eigenvalue weighted by molar-refractivity contribution is 7.89. The van der Waals surface area contributed by atoms with E-state index in [0.717, 1.165) is 18.6 Å². The van der Waals surface area contributed by atoms with Crippen LogP contribution in [0.15, 0.2) is 29.2 Å². The minimum absolute atomic E-state index is 0.0107. The third-order valence-electron chi connectivity index (χ3n) is 4.68. The molecule has 1 aromatic rings. The number of benzene rings is 1. The predicted molar refractivity (Wildman–Crippen MR) is 103 cm³/mol. The number of sulfonamides is 1. The molecule has 0 spiro atoms. The van der Waals surface area contributed by atoms with E-state index < -0.39 is 15.8 Å². The van der Waals surface area contributed by atoms with Gasteiger partial charge in [0.15, 0.2) is 0 Å². The topological polar surface area (TPSA) is 95.6 Å². The highest BCUT2D eigenvalue weighted by atomic mass is 32.2. The highest BCUT2D eigenvalue weighted by Crippen LogP contribution is 2.15. The van der Waals surface area contributed by atoms with Gasteiger partial charge in [0.1, 0.15) is 5.82 Å². The van der Waals surface area contributed by atoms with E-state index in [4.69, 9.17) is 0 Å². The van der Waals surface area contributed by atoms with Crippen LogP contribution in [0.4, 0.5) is 4.39 Å². The fraction of sp³-hybridized carbons (Fsp3) is 0.579. The van der Waals surface area contributed by atoms with Crippen LogP contribution in [0.1, 0.15) is 39.5 Å². The summed E-state index contributed by atoms with van der Waals surface area (Å²) in [6, 6.07) is 4.35. The summed E-state index contributed by atoms with van der Waals surface area (Å²) >= 11 is 0. The smallest absolute Gasteiger partial charge is 0.241 e. The molecule has 1 saturated heterocycles. The Labute approximate surface area is 165 Å². The average molecular weight is 414 g/mol. The molecule has 1 fully saturated rings. The Hall–Kier alpha value is -2.00. The van der Waals surface area contributed by atoms with Gasteiger partial charge in [-0.25, -0.2) is 17.5 Å². The largest absolute Gasteiger partial charge is 0.347 e. The van der Waals surface area contributed by atoms with E-state index in [0.29, 0.717) is 38.3 Å². The van der Waals surface area contributed by atoms with Gasteiger partial charge >= 0.3 is 0 Å². The van der Waals surface area contributed by atoms with Crippen molar-refractivity contribution < 1.29 is 22.4 Å². The molecule has 1 aromatic carbocycles. The summed E-state index contributed by atoms with van der Waals surface area (Å²) in [6.45, 7) is 4.86. The number of halogens is 1. The molecule has 9 heteroatoms. The summed E-state index contributed by atoms with van der Waals surface area (Å²) in [5.74, 6) is -0.372. The Morgan fingerprint density at radius 3 is 2.36 bits per heavy atom. The van der Waals surface area contributed by atoms with Gasteiger partial charge in [0.2, 0.25) is 21.8 Å². The molecule has 156 valence electrons. The van der Waals surface area contributed by atoms with E-state index in [-0.39, 0.29) is 29.3 Å². The fourth-order valence-corrected chi connectivity index (χ4v) is 4.25. The van der Waals surface area contributed by atoms with Crippen molar-refractivity contribution in [3.8, 4) is 0 Å². The normalized spacial score (nSPS) is 15.6. The van der Waals surface area contributed by atoms with Gasteiger partial charge < -0.3 is 10.2 Å². The summed E-state index contributed by atoms with van der Waals surface area (Å²) in [7, 11) is -3.73. The van der Waals surface area contributed by atoms with Crippen LogP contribution < -0.4 is 10.0 Å². The summed E-state index contributed by atoms with van der Waals surface area (Å²) < 4.78 is 40.3. The van der Waals surface area contributed by atoms with E-state index in [9.17, 15) is 22.4 Å². The molecule has 0 bridgehead atoms. The number of nitrogens with one attached hydrogen (secondary N) is 2. The van der Waals surface area contributed by atoms with Crippen molar-refractivity contribution in [3.63, 3.8) is 0 Å². The molecule has 2 rings (SSSR count). The molecule has 2 amide bonds. The van der Waals surface area contributed by atoms with E-state index in [1.165, 1.54) is 12.1 Å². The second kappa shape index (κ2) is 9.97. The molecule has 28 heavy (non-hydrogen) atoms. The molecule has 0 aliphatic carbocycles. The van der Waals surface area contributed by atoms with Gasteiger partial charge in [-0.1, -0.05) is 13.8 Å². The monoisotopic (exact) mass is 413 g/mol. The van der Waals surface area contributed by atoms with E-state index in [1.807, 2.05) is 13.8 Å². The maximum absolute atomic E-state index is 13.0. The van der Waals surface area contributed by atoms with Crippen LogP contribution in [-0.2, 0) is 19.6 Å². The fourth-order valence-electron chi connectivity index (χ4n) is 2.94. The molecular weight excluding hydrogens is 385 g/mol. The molecule has 0 aromatic heterocycles. The molecule has 1 aliphatic rings. The van der Waals surface area contributed by atoms with E-state index in [1.54, 1.807) is 4.90 Å². The number of nitrogens with zero attached hydrogens (tertiary/aromatic N) is 1. The Kier molecular flexibility index (Phi) is 7.94. The number of carbonyl (C=O) groups is 2. The SMILES string of the molecule is CC(C)CCC(=O)NCC(=O)N1CCC(NS(=O)(=O)c2ccc(F)cc2)CC1. The first-order valence-corrected chi connectivity index (χ1v) is 11.0. The van der Waals surface area contributed by atoms with Gasteiger partial charge in [-0.3, -0.25) is 9.59 Å². The zero-order chi connectivity index (χ0) is 20.7. The minimum atomic E-state index is -3.73. The molecule has 0 saturated carbocycles. The first kappa shape index (κ1) is 22.3. The quantitative estimate of drug-likeness (QED) is 0.677. The van der Waals surface area contributed by atoms with Crippen LogP contribution in [0, 0.1) is 11.7 Å². The molecular formula is C19H28FN3O4S. The van der Waals surface area contributed by atoms with Crippen LogP contribution >= 0.6 is 0 Å². The van der Waals surface area contributed by atoms with Gasteiger partial charge in [-0.2, -0.15) is 0 Å². The number of carbonyl (C=O) groups excluding carboxylic acids is 2. The Morgan fingerprint density at radius 1 is 1.18 bits per heavy atom. The van der Waals surface area contributed by atoms with Crippen molar-refractivity contribution >= 4 is 21.8 Å². The third-order valence-corrected chi connectivity index (χ3v) is 6.22. The van der Waals surface area contributed by atoms with Crippen LogP contribution in [0.3, 0.4) is 0 Å². The van der Waals surface area contributed by atoms with Gasteiger partial charge in [0.05, 0.1) is 11.4 Å². The van der Waals surface area contributed by atoms with E-state index in [2.05, 4.69) is 10.0 Å². The summed E-state index contributed by atoms with van der Waals surface area (Å²) in [6.07, 6.45) is 2.14. The number of piperidine rings is 1. The average Bonchev–Trinajstić information content (AvgIpc) is 2.65. The standard InChI is InChI=1S/C19H28FN3O4S/c1-14(2)3-8-18(24)21-13-19(25)23-11-9-16(10-12-23)22-28(26,27)17-6-4-15(20)5-7-17/h4-7,14,16,22H,3,8-13H2,1-2H3,(H,21,24). The Balaban J connectivity index is 1.76. The second-order valence-corrected chi connectivity index (χ2v) is 9.15. The number of likely N-dealkylation sites (tertiary alicyclic amines) is 1. The van der Waals surface area contributed by atoms with Crippen molar-refractivity contribution in [2.45, 2.75) is 50.5 Å². The molecule has 1 aliphatic heterocycles. The van der Waals surface area contributed by atoms with Crippen molar-refractivity contribution in [1.82, 2.24) is 14.9 Å². The van der Waals surface area contributed by atoms with Gasteiger partial charge in [0, 0.05) is 25.6 Å². The third kappa shape index (κ3) is 6.87. The molecule has 1 heterocycles. The summed E-state index contributed by atoms with van der Waals surface area (Å²) in [5.41, 5.74) is 0. The van der Waals surface area contributed by atoms with Crippen molar-refractivity contribution in [2.75, 3.05) is 19.6 Å². The maximum Gasteiger partial charge on any atom is 0.241 e. The van der Waals surface area contributed by atoms with Gasteiger partial charge in [-0.05, 0) is 49.4 Å². The molecule has 0 radical (unpaired) electrons. The Bertz CT molecular complexity index is 773. The number of amides is 2. The van der Waals surface area contributed by atoms with Gasteiger partial charge in [-0.15, -0.1) is 0 Å². The zero-order valence-corrected chi connectivity index (χ0v) is 17.1. The van der Waals surface area contributed by atoms with Crippen LogP contribution in [0.2, 0.25) is 0 Å². The summed E-state index contributed by atoms with van der Waals surface area (Å²) in [5, 5.41) is 2.64. The van der Waals surface area contributed by atoms with Crippen molar-refractivity contribution in [3.05, 3.63) is 30.1 Å². The molecule has 7 nitrogen and oxygen atoms in total. The maximum atomic E-state index is 13.0. The Morgan fingerprint density at radius 2 is 1.79 bits per heavy atom. The van der Waals surface area contributed by atoms with Crippen LogP contribution in [-0.4, -0.2) is 50.8 Å². The summed E-state index contributed by atoms with van der Waals surface area (Å²) in [4.78, 5) is 25.6. The lowest BCUT2D eigenvalue weighted by atomic mass is 10.1. The van der Waals surface area contributed by atoms with Crippen molar-refractivity contribution in [1.29, 1.82) is 0 Å². The van der Waals surface area contributed by atoms with Crippen LogP contribution in [0.25, 0.3) is 0 Å². The molecule has 0 atom stereocenters. The lowest BCUT2D eigenvalue weighted by molar-refractivity contribution is -0.133. The second-order valence-electron chi connectivity index (χ2n) is 7.44. The van der Waals surface area contributed by atoms with Crippen molar-refractivity contribution in [2.24, 2.45) is 5.92 Å². The molecule has 2 N–H and O–H groups in total. The predicted octanol–water partition coefficient (Wildman–Crippen LogP) is 1.65. The number of hydrogen-bond donors (Lipinski definition) is 2. The zero-order valence-electron chi connectivity index (χ0n) is 16.3. The van der Waals surface area contributed by atoms with E-state index >= 15 is 0 Å². The van der Waals surface area contributed by atoms with Crippen LogP contribution in [0.5, 0.6) is 0 Å². The minimum Gasteiger partial charge on any atom is -0.347 e. The van der Waals surface area contributed by atoms with Gasteiger partial charge in [0.25, 0.3) is 0 Å². The number of rotatable bonds is 8.